The summed E-state index contributed by atoms with van der Waals surface area (Å²) in [5.74, 6) is 0. The van der Waals surface area contributed by atoms with Gasteiger partial charge in [0.15, 0.2) is 0 Å². The van der Waals surface area contributed by atoms with E-state index in [1.807, 2.05) is 24.3 Å². The zero-order valence-corrected chi connectivity index (χ0v) is 14.9. The molecule has 1 aromatic carbocycles. The predicted octanol–water partition coefficient (Wildman–Crippen LogP) is 3.29. The molecule has 1 unspecified atom stereocenters. The molecule has 1 saturated heterocycles. The number of benzene rings is 1. The minimum absolute atomic E-state index is 0.266. The van der Waals surface area contributed by atoms with Gasteiger partial charge in [0.25, 0.3) is 0 Å². The first kappa shape index (κ1) is 16.9. The fraction of sp³-hybridized carbons (Fsp3) is 0.647. The highest BCUT2D eigenvalue weighted by molar-refractivity contribution is 9.10. The molecule has 0 radical (unpaired) electrons. The first-order valence-corrected chi connectivity index (χ1v) is 8.56. The van der Waals surface area contributed by atoms with Crippen LogP contribution >= 0.6 is 15.9 Å². The van der Waals surface area contributed by atoms with Gasteiger partial charge in [-0.05, 0) is 44.9 Å². The predicted molar refractivity (Wildman–Crippen MR) is 91.5 cm³/mol. The summed E-state index contributed by atoms with van der Waals surface area (Å²) in [4.78, 5) is 5.00. The van der Waals surface area contributed by atoms with Crippen molar-refractivity contribution in [1.29, 1.82) is 0 Å². The van der Waals surface area contributed by atoms with Crippen LogP contribution in [0.4, 0.5) is 0 Å². The van der Waals surface area contributed by atoms with Gasteiger partial charge in [-0.2, -0.15) is 0 Å². The molecule has 0 saturated carbocycles. The third kappa shape index (κ3) is 5.06. The van der Waals surface area contributed by atoms with Gasteiger partial charge in [0.2, 0.25) is 0 Å². The van der Waals surface area contributed by atoms with Crippen molar-refractivity contribution in [2.45, 2.75) is 38.8 Å². The van der Waals surface area contributed by atoms with Crippen LogP contribution in [0.2, 0.25) is 0 Å². The Bertz CT molecular complexity index is 450. The van der Waals surface area contributed by atoms with E-state index in [-0.39, 0.29) is 11.6 Å². The van der Waals surface area contributed by atoms with Crippen LogP contribution in [-0.2, 0) is 0 Å². The number of hydrogen-bond acceptors (Lipinski definition) is 3. The van der Waals surface area contributed by atoms with E-state index in [4.69, 9.17) is 0 Å². The molecule has 0 aliphatic carbocycles. The monoisotopic (exact) mass is 354 g/mol. The van der Waals surface area contributed by atoms with Crippen molar-refractivity contribution >= 4 is 15.9 Å². The molecule has 1 atom stereocenters. The van der Waals surface area contributed by atoms with Crippen molar-refractivity contribution in [2.24, 2.45) is 0 Å². The first-order valence-electron chi connectivity index (χ1n) is 7.77. The zero-order valence-electron chi connectivity index (χ0n) is 13.3. The van der Waals surface area contributed by atoms with E-state index in [2.05, 4.69) is 46.5 Å². The minimum Gasteiger partial charge on any atom is -0.388 e. The molecule has 1 aromatic rings. The van der Waals surface area contributed by atoms with Crippen molar-refractivity contribution in [3.05, 3.63) is 34.3 Å². The summed E-state index contributed by atoms with van der Waals surface area (Å²) in [5, 5.41) is 10.3. The molecule has 0 aromatic heterocycles. The van der Waals surface area contributed by atoms with Gasteiger partial charge in [0.1, 0.15) is 0 Å². The second-order valence-electron chi connectivity index (χ2n) is 6.86. The van der Waals surface area contributed by atoms with Crippen LogP contribution in [-0.4, -0.2) is 53.2 Å². The molecule has 1 N–H and O–H groups in total. The Hall–Kier alpha value is -0.420. The molecule has 1 fully saturated rings. The van der Waals surface area contributed by atoms with E-state index in [0.29, 0.717) is 0 Å². The summed E-state index contributed by atoms with van der Waals surface area (Å²) < 4.78 is 1.03. The Morgan fingerprint density at radius 3 is 2.43 bits per heavy atom. The summed E-state index contributed by atoms with van der Waals surface area (Å²) in [5.41, 5.74) is 1.26. The summed E-state index contributed by atoms with van der Waals surface area (Å²) in [7, 11) is 0. The van der Waals surface area contributed by atoms with E-state index < -0.39 is 0 Å². The highest BCUT2D eigenvalue weighted by Gasteiger charge is 2.25. The van der Waals surface area contributed by atoms with Crippen molar-refractivity contribution in [3.63, 3.8) is 0 Å². The third-order valence-electron chi connectivity index (χ3n) is 4.27. The summed E-state index contributed by atoms with van der Waals surface area (Å²) in [6.45, 7) is 12.2. The average molecular weight is 355 g/mol. The molecule has 3 nitrogen and oxygen atoms in total. The Morgan fingerprint density at radius 2 is 1.86 bits per heavy atom. The molecule has 118 valence electrons. The molecule has 1 heterocycles. The minimum atomic E-state index is -0.372. The van der Waals surface area contributed by atoms with Crippen LogP contribution in [0.15, 0.2) is 28.7 Å². The second-order valence-corrected chi connectivity index (χ2v) is 7.77. The SMILES string of the molecule is CC(C)(C)N1CCN(CCC(O)c2cccc(Br)c2)CC1. The summed E-state index contributed by atoms with van der Waals surface area (Å²) in [6, 6.07) is 7.96. The van der Waals surface area contributed by atoms with E-state index in [9.17, 15) is 5.11 Å². The number of halogens is 1. The summed E-state index contributed by atoms with van der Waals surface area (Å²) >= 11 is 3.46. The maximum atomic E-state index is 10.3. The number of piperazine rings is 1. The molecule has 1 aliphatic rings. The first-order chi connectivity index (χ1) is 9.86. The Kier molecular flexibility index (Phi) is 5.83. The molecule has 0 bridgehead atoms. The topological polar surface area (TPSA) is 26.7 Å². The average Bonchev–Trinajstić information content (AvgIpc) is 2.44. The Balaban J connectivity index is 1.77. The van der Waals surface area contributed by atoms with Crippen LogP contribution in [0.1, 0.15) is 38.9 Å². The van der Waals surface area contributed by atoms with E-state index in [1.54, 1.807) is 0 Å². The van der Waals surface area contributed by atoms with Crippen LogP contribution in [0.3, 0.4) is 0 Å². The van der Waals surface area contributed by atoms with Crippen LogP contribution < -0.4 is 0 Å². The molecule has 1 aliphatic heterocycles. The number of hydrogen-bond donors (Lipinski definition) is 1. The molecule has 4 heteroatoms. The number of aliphatic hydroxyl groups is 1. The Morgan fingerprint density at radius 1 is 1.19 bits per heavy atom. The second kappa shape index (κ2) is 7.23. The van der Waals surface area contributed by atoms with E-state index in [0.717, 1.165) is 49.2 Å². The highest BCUT2D eigenvalue weighted by atomic mass is 79.9. The van der Waals surface area contributed by atoms with E-state index in [1.165, 1.54) is 0 Å². The Labute approximate surface area is 137 Å². The quantitative estimate of drug-likeness (QED) is 0.898. The molecule has 21 heavy (non-hydrogen) atoms. The maximum absolute atomic E-state index is 10.3. The standard InChI is InChI=1S/C17H27BrN2O/c1-17(2,3)20-11-9-19(10-12-20)8-7-16(21)14-5-4-6-15(18)13-14/h4-6,13,16,21H,7-12H2,1-3H3. The number of aliphatic hydroxyl groups excluding tert-OH is 1. The lowest BCUT2D eigenvalue weighted by atomic mass is 10.0. The number of nitrogens with zero attached hydrogens (tertiary/aromatic N) is 2. The van der Waals surface area contributed by atoms with Gasteiger partial charge < -0.3 is 10.0 Å². The maximum Gasteiger partial charge on any atom is 0.0802 e. The van der Waals surface area contributed by atoms with Gasteiger partial charge in [-0.1, -0.05) is 28.1 Å². The fourth-order valence-corrected chi connectivity index (χ4v) is 3.24. The van der Waals surface area contributed by atoms with Gasteiger partial charge in [0.05, 0.1) is 6.10 Å². The fourth-order valence-electron chi connectivity index (χ4n) is 2.83. The van der Waals surface area contributed by atoms with Crippen LogP contribution in [0.25, 0.3) is 0 Å². The van der Waals surface area contributed by atoms with Gasteiger partial charge in [-0.3, -0.25) is 4.90 Å². The third-order valence-corrected chi connectivity index (χ3v) is 4.77. The molecule has 2 rings (SSSR count). The normalized spacial score (nSPS) is 19.7. The van der Waals surface area contributed by atoms with Crippen molar-refractivity contribution in [1.82, 2.24) is 9.80 Å². The molecular formula is C17H27BrN2O. The van der Waals surface area contributed by atoms with Crippen LogP contribution in [0, 0.1) is 0 Å². The van der Waals surface area contributed by atoms with Gasteiger partial charge in [0, 0.05) is 42.7 Å². The molecular weight excluding hydrogens is 328 g/mol. The van der Waals surface area contributed by atoms with Crippen molar-refractivity contribution in [3.8, 4) is 0 Å². The van der Waals surface area contributed by atoms with Gasteiger partial charge >= 0.3 is 0 Å². The van der Waals surface area contributed by atoms with Gasteiger partial charge in [-0.25, -0.2) is 0 Å². The van der Waals surface area contributed by atoms with E-state index >= 15 is 0 Å². The number of rotatable bonds is 4. The van der Waals surface area contributed by atoms with Gasteiger partial charge in [-0.15, -0.1) is 0 Å². The lowest BCUT2D eigenvalue weighted by Gasteiger charge is -2.42. The molecule has 0 amide bonds. The summed E-state index contributed by atoms with van der Waals surface area (Å²) in [6.07, 6.45) is 0.426. The lowest BCUT2D eigenvalue weighted by Crippen LogP contribution is -2.53. The van der Waals surface area contributed by atoms with Crippen molar-refractivity contribution in [2.75, 3.05) is 32.7 Å². The van der Waals surface area contributed by atoms with Crippen molar-refractivity contribution < 1.29 is 5.11 Å². The largest absolute Gasteiger partial charge is 0.388 e. The van der Waals surface area contributed by atoms with Crippen LogP contribution in [0.5, 0.6) is 0 Å². The smallest absolute Gasteiger partial charge is 0.0802 e. The zero-order chi connectivity index (χ0) is 15.5. The lowest BCUT2D eigenvalue weighted by molar-refractivity contribution is 0.0533. The molecule has 0 spiro atoms. The highest BCUT2D eigenvalue weighted by Crippen LogP contribution is 2.22.